The molecule has 1 unspecified atom stereocenters. The lowest BCUT2D eigenvalue weighted by atomic mass is 10.2. The van der Waals surface area contributed by atoms with Gasteiger partial charge in [-0.1, -0.05) is 11.6 Å². The van der Waals surface area contributed by atoms with E-state index in [1.807, 2.05) is 25.9 Å². The van der Waals surface area contributed by atoms with Gasteiger partial charge < -0.3 is 10.0 Å². The van der Waals surface area contributed by atoms with Crippen LogP contribution >= 0.6 is 11.6 Å². The molecule has 2 N–H and O–H groups in total. The van der Waals surface area contributed by atoms with Gasteiger partial charge in [0.15, 0.2) is 0 Å². The number of hydrogen-bond donors (Lipinski definition) is 2. The van der Waals surface area contributed by atoms with E-state index < -0.39 is 22.4 Å². The molecule has 0 aliphatic rings. The number of halogens is 2. The van der Waals surface area contributed by atoms with Crippen molar-refractivity contribution in [2.24, 2.45) is 0 Å². The summed E-state index contributed by atoms with van der Waals surface area (Å²) >= 11 is 5.63. The third kappa shape index (κ3) is 4.13. The number of nitrogens with one attached hydrogen (secondary N) is 1. The molecule has 1 rings (SSSR count). The van der Waals surface area contributed by atoms with E-state index in [0.717, 1.165) is 12.1 Å². The number of hydrogen-bond acceptors (Lipinski definition) is 4. The van der Waals surface area contributed by atoms with Crippen LogP contribution in [-0.2, 0) is 16.6 Å². The normalized spacial score (nSPS) is 13.8. The lowest BCUT2D eigenvalue weighted by Gasteiger charge is -2.20. The summed E-state index contributed by atoms with van der Waals surface area (Å²) in [6.07, 6.45) is 0. The maximum atomic E-state index is 13.5. The molecule has 8 heteroatoms. The summed E-state index contributed by atoms with van der Waals surface area (Å²) in [5.41, 5.74) is 0.0349. The molecule has 0 fully saturated rings. The molecule has 0 amide bonds. The van der Waals surface area contributed by atoms with Crippen molar-refractivity contribution in [1.82, 2.24) is 9.62 Å². The number of benzene rings is 1. The van der Waals surface area contributed by atoms with Crippen LogP contribution in [-0.4, -0.2) is 45.1 Å². The van der Waals surface area contributed by atoms with Gasteiger partial charge in [0.2, 0.25) is 10.0 Å². The SMILES string of the molecule is CC(CNS(=O)(=O)c1cc(F)c(Cl)c(CO)c1)N(C)C. The van der Waals surface area contributed by atoms with Crippen LogP contribution < -0.4 is 4.72 Å². The number of aliphatic hydroxyl groups is 1. The van der Waals surface area contributed by atoms with Crippen molar-refractivity contribution in [3.8, 4) is 0 Å². The Bertz CT molecular complexity index is 578. The highest BCUT2D eigenvalue weighted by atomic mass is 35.5. The van der Waals surface area contributed by atoms with Crippen LogP contribution in [0, 0.1) is 5.82 Å². The molecule has 0 saturated carbocycles. The minimum atomic E-state index is -3.85. The molecule has 1 aromatic carbocycles. The minimum absolute atomic E-state index is 0.0146. The van der Waals surface area contributed by atoms with Crippen LogP contribution in [0.5, 0.6) is 0 Å². The van der Waals surface area contributed by atoms with Crippen LogP contribution in [0.25, 0.3) is 0 Å². The van der Waals surface area contributed by atoms with Crippen molar-refractivity contribution in [2.45, 2.75) is 24.5 Å². The van der Waals surface area contributed by atoms with Crippen LogP contribution in [0.1, 0.15) is 12.5 Å². The smallest absolute Gasteiger partial charge is 0.240 e. The maximum Gasteiger partial charge on any atom is 0.240 e. The summed E-state index contributed by atoms with van der Waals surface area (Å²) < 4.78 is 40.1. The Kier molecular flexibility index (Phi) is 5.91. The first-order chi connectivity index (χ1) is 9.19. The van der Waals surface area contributed by atoms with Gasteiger partial charge in [-0.3, -0.25) is 0 Å². The molecule has 0 saturated heterocycles. The number of likely N-dealkylation sites (N-methyl/N-ethyl adjacent to an activating group) is 1. The molecule has 1 atom stereocenters. The van der Waals surface area contributed by atoms with Crippen LogP contribution in [0.15, 0.2) is 17.0 Å². The molecule has 0 radical (unpaired) electrons. The van der Waals surface area contributed by atoms with Crippen molar-refractivity contribution < 1.29 is 17.9 Å². The zero-order chi connectivity index (χ0) is 15.5. The predicted molar refractivity (Wildman–Crippen MR) is 75.7 cm³/mol. The van der Waals surface area contributed by atoms with E-state index in [-0.39, 0.29) is 28.1 Å². The summed E-state index contributed by atoms with van der Waals surface area (Å²) in [6, 6.07) is 1.98. The number of aliphatic hydroxyl groups excluding tert-OH is 1. The van der Waals surface area contributed by atoms with E-state index >= 15 is 0 Å². The summed E-state index contributed by atoms with van der Waals surface area (Å²) in [5, 5.41) is 8.78. The second kappa shape index (κ2) is 6.82. The predicted octanol–water partition coefficient (Wildman–Crippen LogP) is 1.20. The number of sulfonamides is 1. The fourth-order valence-corrected chi connectivity index (χ4v) is 2.74. The highest BCUT2D eigenvalue weighted by Crippen LogP contribution is 2.24. The van der Waals surface area contributed by atoms with E-state index in [1.165, 1.54) is 0 Å². The number of nitrogens with zero attached hydrogens (tertiary/aromatic N) is 1. The van der Waals surface area contributed by atoms with Gasteiger partial charge in [-0.15, -0.1) is 0 Å². The Hall–Kier alpha value is -0.730. The Morgan fingerprint density at radius 3 is 2.55 bits per heavy atom. The quantitative estimate of drug-likeness (QED) is 0.825. The Morgan fingerprint density at radius 2 is 2.05 bits per heavy atom. The van der Waals surface area contributed by atoms with Gasteiger partial charge >= 0.3 is 0 Å². The van der Waals surface area contributed by atoms with Crippen molar-refractivity contribution in [3.63, 3.8) is 0 Å². The zero-order valence-electron chi connectivity index (χ0n) is 11.5. The standard InChI is InChI=1S/C12H18ClFN2O3S/c1-8(16(2)3)6-15-20(18,19)10-4-9(7-17)12(13)11(14)5-10/h4-5,8,15,17H,6-7H2,1-3H3. The molecule has 0 bridgehead atoms. The van der Waals surface area contributed by atoms with Gasteiger partial charge in [-0.05, 0) is 33.2 Å². The molecule has 5 nitrogen and oxygen atoms in total. The second-order valence-electron chi connectivity index (χ2n) is 4.70. The molecule has 0 heterocycles. The summed E-state index contributed by atoms with van der Waals surface area (Å²) in [7, 11) is -0.199. The van der Waals surface area contributed by atoms with Gasteiger partial charge in [0.05, 0.1) is 16.5 Å². The van der Waals surface area contributed by atoms with E-state index in [1.54, 1.807) is 0 Å². The summed E-state index contributed by atoms with van der Waals surface area (Å²) in [5.74, 6) is -0.876. The Morgan fingerprint density at radius 1 is 1.45 bits per heavy atom. The van der Waals surface area contributed by atoms with Crippen LogP contribution in [0.3, 0.4) is 0 Å². The van der Waals surface area contributed by atoms with Gasteiger partial charge in [0.1, 0.15) is 5.82 Å². The molecular formula is C12H18ClFN2O3S. The Labute approximate surface area is 123 Å². The molecule has 0 aromatic heterocycles. The monoisotopic (exact) mass is 324 g/mol. The molecular weight excluding hydrogens is 307 g/mol. The van der Waals surface area contributed by atoms with E-state index in [9.17, 15) is 12.8 Å². The van der Waals surface area contributed by atoms with Gasteiger partial charge in [0, 0.05) is 18.2 Å². The fourth-order valence-electron chi connectivity index (χ4n) is 1.38. The first-order valence-electron chi connectivity index (χ1n) is 5.94. The van der Waals surface area contributed by atoms with Crippen molar-refractivity contribution in [2.75, 3.05) is 20.6 Å². The maximum absolute atomic E-state index is 13.5. The van der Waals surface area contributed by atoms with Crippen LogP contribution in [0.2, 0.25) is 5.02 Å². The Balaban J connectivity index is 3.01. The fraction of sp³-hybridized carbons (Fsp3) is 0.500. The van der Waals surface area contributed by atoms with Crippen molar-refractivity contribution in [1.29, 1.82) is 0 Å². The summed E-state index contributed by atoms with van der Waals surface area (Å²) in [4.78, 5) is 1.60. The van der Waals surface area contributed by atoms with E-state index in [4.69, 9.17) is 16.7 Å². The molecule has 114 valence electrons. The first-order valence-corrected chi connectivity index (χ1v) is 7.80. The van der Waals surface area contributed by atoms with E-state index in [2.05, 4.69) is 4.72 Å². The number of rotatable bonds is 6. The van der Waals surface area contributed by atoms with Gasteiger partial charge in [-0.25, -0.2) is 17.5 Å². The average Bonchev–Trinajstić information content (AvgIpc) is 2.38. The zero-order valence-corrected chi connectivity index (χ0v) is 13.1. The average molecular weight is 325 g/mol. The third-order valence-corrected chi connectivity index (χ3v) is 4.83. The first kappa shape index (κ1) is 17.3. The lowest BCUT2D eigenvalue weighted by Crippen LogP contribution is -2.38. The molecule has 0 spiro atoms. The molecule has 0 aliphatic carbocycles. The third-order valence-electron chi connectivity index (χ3n) is 3.01. The van der Waals surface area contributed by atoms with E-state index in [0.29, 0.717) is 0 Å². The molecule has 20 heavy (non-hydrogen) atoms. The molecule has 0 aliphatic heterocycles. The second-order valence-corrected chi connectivity index (χ2v) is 6.85. The highest BCUT2D eigenvalue weighted by Gasteiger charge is 2.19. The van der Waals surface area contributed by atoms with Gasteiger partial charge in [0.25, 0.3) is 0 Å². The summed E-state index contributed by atoms with van der Waals surface area (Å²) in [6.45, 7) is 1.51. The van der Waals surface area contributed by atoms with Crippen LogP contribution in [0.4, 0.5) is 4.39 Å². The van der Waals surface area contributed by atoms with Crippen molar-refractivity contribution >= 4 is 21.6 Å². The largest absolute Gasteiger partial charge is 0.392 e. The highest BCUT2D eigenvalue weighted by molar-refractivity contribution is 7.89. The molecule has 1 aromatic rings. The minimum Gasteiger partial charge on any atom is -0.392 e. The lowest BCUT2D eigenvalue weighted by molar-refractivity contribution is 0.281. The van der Waals surface area contributed by atoms with Gasteiger partial charge in [-0.2, -0.15) is 0 Å². The van der Waals surface area contributed by atoms with Crippen molar-refractivity contribution in [3.05, 3.63) is 28.5 Å². The topological polar surface area (TPSA) is 69.6 Å².